The van der Waals surface area contributed by atoms with Gasteiger partial charge in [-0.25, -0.2) is 0 Å². The number of allylic oxidation sites excluding steroid dienone is 1. The van der Waals surface area contributed by atoms with Crippen LogP contribution in [-0.2, 0) is 23.2 Å². The molecule has 0 radical (unpaired) electrons. The van der Waals surface area contributed by atoms with E-state index in [9.17, 15) is 0 Å². The van der Waals surface area contributed by atoms with Crippen LogP contribution < -0.4 is 10.6 Å². The first-order valence-corrected chi connectivity index (χ1v) is 16.7. The molecule has 5 aromatic rings. The van der Waals surface area contributed by atoms with Crippen molar-refractivity contribution in [3.8, 4) is 11.1 Å². The van der Waals surface area contributed by atoms with Crippen LogP contribution in [0.15, 0.2) is 139 Å². The molecular formula is C34H25PZr. The summed E-state index contributed by atoms with van der Waals surface area (Å²) in [5.41, 5.74) is 8.99. The second kappa shape index (κ2) is 9.55. The van der Waals surface area contributed by atoms with Gasteiger partial charge in [0.1, 0.15) is 0 Å². The zero-order valence-corrected chi connectivity index (χ0v) is 23.2. The summed E-state index contributed by atoms with van der Waals surface area (Å²) in [7, 11) is -0.589. The van der Waals surface area contributed by atoms with E-state index in [1.54, 1.807) is 22.0 Å². The third-order valence-electron chi connectivity index (χ3n) is 7.36. The molecule has 0 nitrogen and oxygen atoms in total. The van der Waals surface area contributed by atoms with Gasteiger partial charge in [-0.3, -0.25) is 0 Å². The molecule has 0 saturated heterocycles. The molecule has 2 heteroatoms. The van der Waals surface area contributed by atoms with Crippen molar-refractivity contribution in [2.24, 2.45) is 0 Å². The molecule has 170 valence electrons. The van der Waals surface area contributed by atoms with Crippen LogP contribution in [0.25, 0.3) is 17.2 Å². The van der Waals surface area contributed by atoms with E-state index in [0.29, 0.717) is 7.25 Å². The Balaban J connectivity index is 1.37. The molecule has 0 N–H and O–H groups in total. The fourth-order valence-corrected chi connectivity index (χ4v) is 14.3. The summed E-state index contributed by atoms with van der Waals surface area (Å²) in [6, 6.07) is 49.9. The Morgan fingerprint density at radius 2 is 0.917 bits per heavy atom. The number of rotatable bonds is 5. The predicted octanol–water partition coefficient (Wildman–Crippen LogP) is 8.07. The Kier molecular flexibility index (Phi) is 5.93. The van der Waals surface area contributed by atoms with E-state index in [1.165, 1.54) is 27.3 Å². The number of benzene rings is 5. The molecule has 0 fully saturated rings. The van der Waals surface area contributed by atoms with Gasteiger partial charge in [0.25, 0.3) is 0 Å². The van der Waals surface area contributed by atoms with E-state index in [1.807, 2.05) is 0 Å². The van der Waals surface area contributed by atoms with Gasteiger partial charge in [0, 0.05) is 0 Å². The van der Waals surface area contributed by atoms with Gasteiger partial charge < -0.3 is 0 Å². The van der Waals surface area contributed by atoms with Crippen LogP contribution in [0, 0.1) is 0 Å². The molecule has 0 heterocycles. The summed E-state index contributed by atoms with van der Waals surface area (Å²) in [5.74, 6) is 0. The minimum atomic E-state index is -0.996. The van der Waals surface area contributed by atoms with E-state index in [0.717, 1.165) is 0 Å². The van der Waals surface area contributed by atoms with E-state index < -0.39 is 31.2 Å². The molecule has 0 aliphatic heterocycles. The summed E-state index contributed by atoms with van der Waals surface area (Å²) in [4.78, 5) is 0. The fraction of sp³-hybridized carbons (Fsp3) is 0.0588. The van der Waals surface area contributed by atoms with Crippen LogP contribution in [0.2, 0.25) is 0 Å². The van der Waals surface area contributed by atoms with Crippen LogP contribution in [-0.4, -0.2) is 0 Å². The molecule has 36 heavy (non-hydrogen) atoms. The van der Waals surface area contributed by atoms with Gasteiger partial charge in [0.15, 0.2) is 0 Å². The van der Waals surface area contributed by atoms with Crippen molar-refractivity contribution in [1.82, 2.24) is 0 Å². The summed E-state index contributed by atoms with van der Waals surface area (Å²) in [6.45, 7) is 0. The second-order valence-corrected chi connectivity index (χ2v) is 15.3. The first-order valence-electron chi connectivity index (χ1n) is 12.5. The standard InChI is InChI=1S/C21H16P.C13H9.Zr/c1-3-11-19(12-4-1)22(20-13-5-2-6-14-20)21-15-17-9-7-8-10-18(17)16-21;1-3-7-12-10(5-1)9-11-6-2-4-8-13(11)12;/h1-16H;1-9H;. The SMILES string of the molecule is C1=C(P(c2ccccc2)c2ccccc2)[CH]([Zr][CH]2c3ccccc3-c3ccccc32)c2ccccc21. The number of hydrogen-bond donors (Lipinski definition) is 0. The fourth-order valence-electron chi connectivity index (χ4n) is 5.78. The van der Waals surface area contributed by atoms with Crippen molar-refractivity contribution in [2.45, 2.75) is 7.25 Å². The molecule has 1 atom stereocenters. The predicted molar refractivity (Wildman–Crippen MR) is 150 cm³/mol. The Morgan fingerprint density at radius 1 is 0.444 bits per heavy atom. The summed E-state index contributed by atoms with van der Waals surface area (Å²) < 4.78 is 1.13. The summed E-state index contributed by atoms with van der Waals surface area (Å²) in [5, 5.41) is 4.56. The summed E-state index contributed by atoms with van der Waals surface area (Å²) in [6.07, 6.45) is 2.55. The molecule has 0 spiro atoms. The molecule has 7 rings (SSSR count). The molecule has 2 aliphatic rings. The zero-order chi connectivity index (χ0) is 23.9. The van der Waals surface area contributed by atoms with Gasteiger partial charge in [0.2, 0.25) is 0 Å². The molecule has 5 aromatic carbocycles. The summed E-state index contributed by atoms with van der Waals surface area (Å²) >= 11 is -0.996. The molecule has 0 aromatic heterocycles. The van der Waals surface area contributed by atoms with Gasteiger partial charge >= 0.3 is 227 Å². The van der Waals surface area contributed by atoms with Crippen LogP contribution in [0.4, 0.5) is 0 Å². The molecule has 0 saturated carbocycles. The number of hydrogen-bond acceptors (Lipinski definition) is 0. The van der Waals surface area contributed by atoms with Crippen molar-refractivity contribution >= 4 is 24.6 Å². The zero-order valence-electron chi connectivity index (χ0n) is 19.9. The molecule has 2 aliphatic carbocycles. The Hall–Kier alpha value is -2.85. The molecule has 0 amide bonds. The molecule has 1 unspecified atom stereocenters. The van der Waals surface area contributed by atoms with Gasteiger partial charge in [-0.1, -0.05) is 0 Å². The van der Waals surface area contributed by atoms with Crippen molar-refractivity contribution in [3.63, 3.8) is 0 Å². The van der Waals surface area contributed by atoms with E-state index >= 15 is 0 Å². The average molecular weight is 556 g/mol. The minimum absolute atomic E-state index is 0.556. The topological polar surface area (TPSA) is 0 Å². The van der Waals surface area contributed by atoms with Crippen LogP contribution in [0.5, 0.6) is 0 Å². The van der Waals surface area contributed by atoms with Gasteiger partial charge in [-0.15, -0.1) is 0 Å². The first-order chi connectivity index (χ1) is 17.9. The Bertz CT molecular complexity index is 1490. The van der Waals surface area contributed by atoms with E-state index in [4.69, 9.17) is 0 Å². The van der Waals surface area contributed by atoms with Crippen LogP contribution in [0.1, 0.15) is 29.5 Å². The van der Waals surface area contributed by atoms with E-state index in [-0.39, 0.29) is 0 Å². The van der Waals surface area contributed by atoms with Crippen LogP contribution >= 0.6 is 7.92 Å². The molecule has 0 bridgehead atoms. The van der Waals surface area contributed by atoms with Gasteiger partial charge in [-0.05, 0) is 0 Å². The second-order valence-electron chi connectivity index (χ2n) is 9.41. The van der Waals surface area contributed by atoms with Crippen LogP contribution in [0.3, 0.4) is 0 Å². The maximum absolute atomic E-state index is 2.55. The molecular weight excluding hydrogens is 531 g/mol. The quantitative estimate of drug-likeness (QED) is 0.192. The van der Waals surface area contributed by atoms with Crippen molar-refractivity contribution in [3.05, 3.63) is 161 Å². The number of fused-ring (bicyclic) bond motifs is 4. The van der Waals surface area contributed by atoms with Gasteiger partial charge in [-0.2, -0.15) is 0 Å². The van der Waals surface area contributed by atoms with E-state index in [2.05, 4.69) is 140 Å². The Morgan fingerprint density at radius 3 is 1.50 bits per heavy atom. The third kappa shape index (κ3) is 3.82. The third-order valence-corrected chi connectivity index (χ3v) is 15.2. The van der Waals surface area contributed by atoms with Crippen molar-refractivity contribution in [2.75, 3.05) is 0 Å². The normalized spacial score (nSPS) is 15.8. The maximum atomic E-state index is 2.55. The van der Waals surface area contributed by atoms with Crippen molar-refractivity contribution in [1.29, 1.82) is 0 Å². The van der Waals surface area contributed by atoms with Gasteiger partial charge in [0.05, 0.1) is 0 Å². The monoisotopic (exact) mass is 554 g/mol. The van der Waals surface area contributed by atoms with Crippen molar-refractivity contribution < 1.29 is 23.2 Å². The Labute approximate surface area is 226 Å². The average Bonchev–Trinajstić information content (AvgIpc) is 3.46. The first kappa shape index (κ1) is 22.4.